The molecule has 1 saturated heterocycles. The summed E-state index contributed by atoms with van der Waals surface area (Å²) in [6.07, 6.45) is -4.69. The van der Waals surface area contributed by atoms with E-state index in [-0.39, 0.29) is 24.4 Å². The van der Waals surface area contributed by atoms with E-state index in [2.05, 4.69) is 5.32 Å². The summed E-state index contributed by atoms with van der Waals surface area (Å²) in [5.41, 5.74) is -1.07. The van der Waals surface area contributed by atoms with Crippen LogP contribution in [-0.4, -0.2) is 37.8 Å². The standard InChI is InChI=1S/C14H17F5N2.ClH/c15-4-3-13(21-7-5-20-6-8-21)11-2-1-10(16)9-12(11)14(17,18)19;/h1-2,9,13,20H,3-8H2;1H/t13-;/m0./s1. The van der Waals surface area contributed by atoms with Crippen LogP contribution >= 0.6 is 12.4 Å². The van der Waals surface area contributed by atoms with Crippen LogP contribution in [0.15, 0.2) is 18.2 Å². The van der Waals surface area contributed by atoms with Crippen LogP contribution in [0, 0.1) is 5.82 Å². The third-order valence-corrected chi connectivity index (χ3v) is 3.65. The molecule has 0 radical (unpaired) electrons. The molecule has 8 heteroatoms. The second-order valence-electron chi connectivity index (χ2n) is 5.01. The van der Waals surface area contributed by atoms with Gasteiger partial charge in [-0.05, 0) is 24.1 Å². The van der Waals surface area contributed by atoms with Gasteiger partial charge in [0.1, 0.15) is 5.82 Å². The van der Waals surface area contributed by atoms with Crippen LogP contribution < -0.4 is 5.32 Å². The van der Waals surface area contributed by atoms with Crippen molar-refractivity contribution in [1.29, 1.82) is 0 Å². The van der Waals surface area contributed by atoms with E-state index in [1.807, 2.05) is 4.90 Å². The Morgan fingerprint density at radius 2 is 1.82 bits per heavy atom. The molecular weight excluding hydrogens is 327 g/mol. The first-order valence-corrected chi connectivity index (χ1v) is 6.81. The highest BCUT2D eigenvalue weighted by Gasteiger charge is 2.37. The first-order chi connectivity index (χ1) is 9.93. The molecular formula is C14H18ClF5N2. The average molecular weight is 345 g/mol. The van der Waals surface area contributed by atoms with Crippen molar-refractivity contribution in [3.05, 3.63) is 35.1 Å². The number of rotatable bonds is 4. The Kier molecular flexibility index (Phi) is 7.02. The number of nitrogens with one attached hydrogen (secondary N) is 1. The molecule has 1 atom stereocenters. The van der Waals surface area contributed by atoms with Crippen LogP contribution in [0.5, 0.6) is 0 Å². The van der Waals surface area contributed by atoms with E-state index < -0.39 is 30.3 Å². The molecule has 0 amide bonds. The molecule has 1 N–H and O–H groups in total. The highest BCUT2D eigenvalue weighted by Crippen LogP contribution is 2.38. The predicted octanol–water partition coefficient (Wildman–Crippen LogP) is 3.57. The molecule has 1 aromatic carbocycles. The van der Waals surface area contributed by atoms with Crippen LogP contribution in [0.4, 0.5) is 22.0 Å². The molecule has 1 aliphatic rings. The number of benzene rings is 1. The fourth-order valence-corrected chi connectivity index (χ4v) is 2.70. The second kappa shape index (κ2) is 8.08. The van der Waals surface area contributed by atoms with Crippen molar-refractivity contribution < 1.29 is 22.0 Å². The van der Waals surface area contributed by atoms with Crippen molar-refractivity contribution in [3.63, 3.8) is 0 Å². The smallest absolute Gasteiger partial charge is 0.314 e. The molecule has 0 saturated carbocycles. The lowest BCUT2D eigenvalue weighted by molar-refractivity contribution is -0.139. The molecule has 1 heterocycles. The van der Waals surface area contributed by atoms with Gasteiger partial charge in [0, 0.05) is 32.2 Å². The largest absolute Gasteiger partial charge is 0.416 e. The molecule has 22 heavy (non-hydrogen) atoms. The zero-order valence-corrected chi connectivity index (χ0v) is 12.6. The van der Waals surface area contributed by atoms with Crippen LogP contribution in [0.3, 0.4) is 0 Å². The van der Waals surface area contributed by atoms with Gasteiger partial charge in [-0.3, -0.25) is 9.29 Å². The summed E-state index contributed by atoms with van der Waals surface area (Å²) in [5, 5.41) is 3.10. The lowest BCUT2D eigenvalue weighted by atomic mass is 9.95. The second-order valence-corrected chi connectivity index (χ2v) is 5.01. The van der Waals surface area contributed by atoms with Crippen molar-refractivity contribution in [2.45, 2.75) is 18.6 Å². The molecule has 0 unspecified atom stereocenters. The quantitative estimate of drug-likeness (QED) is 0.840. The van der Waals surface area contributed by atoms with Gasteiger partial charge in [-0.25, -0.2) is 4.39 Å². The van der Waals surface area contributed by atoms with E-state index in [1.54, 1.807) is 0 Å². The molecule has 0 spiro atoms. The Balaban J connectivity index is 0.00000242. The maximum absolute atomic E-state index is 13.2. The van der Waals surface area contributed by atoms with Gasteiger partial charge >= 0.3 is 6.18 Å². The summed E-state index contributed by atoms with van der Waals surface area (Å²) in [5.74, 6) is -0.939. The topological polar surface area (TPSA) is 15.3 Å². The molecule has 1 aliphatic heterocycles. The van der Waals surface area contributed by atoms with E-state index in [1.165, 1.54) is 0 Å². The van der Waals surface area contributed by atoms with Gasteiger partial charge in [0.25, 0.3) is 0 Å². The highest BCUT2D eigenvalue weighted by atomic mass is 35.5. The normalized spacial score (nSPS) is 17.9. The van der Waals surface area contributed by atoms with Crippen LogP contribution in [0.25, 0.3) is 0 Å². The summed E-state index contributed by atoms with van der Waals surface area (Å²) in [7, 11) is 0. The van der Waals surface area contributed by atoms with Gasteiger partial charge in [0.15, 0.2) is 0 Å². The third-order valence-electron chi connectivity index (χ3n) is 3.65. The van der Waals surface area contributed by atoms with E-state index in [9.17, 15) is 22.0 Å². The Hall–Kier alpha value is -0.920. The summed E-state index contributed by atoms with van der Waals surface area (Å²) in [6.45, 7) is 1.65. The minimum Gasteiger partial charge on any atom is -0.314 e. The van der Waals surface area contributed by atoms with E-state index in [0.29, 0.717) is 32.2 Å². The Bertz CT molecular complexity index is 475. The van der Waals surface area contributed by atoms with E-state index in [0.717, 1.165) is 12.1 Å². The fraction of sp³-hybridized carbons (Fsp3) is 0.571. The van der Waals surface area contributed by atoms with Crippen molar-refractivity contribution in [3.8, 4) is 0 Å². The van der Waals surface area contributed by atoms with Gasteiger partial charge in [-0.1, -0.05) is 6.07 Å². The summed E-state index contributed by atoms with van der Waals surface area (Å²) >= 11 is 0. The Morgan fingerprint density at radius 1 is 1.18 bits per heavy atom. The van der Waals surface area contributed by atoms with Crippen molar-refractivity contribution in [2.75, 3.05) is 32.9 Å². The molecule has 0 aliphatic carbocycles. The lowest BCUT2D eigenvalue weighted by Crippen LogP contribution is -2.45. The number of alkyl halides is 4. The number of piperazine rings is 1. The van der Waals surface area contributed by atoms with Crippen molar-refractivity contribution >= 4 is 12.4 Å². The molecule has 1 aromatic rings. The molecule has 2 nitrogen and oxygen atoms in total. The van der Waals surface area contributed by atoms with Gasteiger partial charge in [-0.2, -0.15) is 13.2 Å². The summed E-state index contributed by atoms with van der Waals surface area (Å²) in [4.78, 5) is 1.82. The maximum atomic E-state index is 13.2. The highest BCUT2D eigenvalue weighted by molar-refractivity contribution is 5.85. The van der Waals surface area contributed by atoms with Crippen LogP contribution in [0.1, 0.15) is 23.6 Å². The summed E-state index contributed by atoms with van der Waals surface area (Å²) < 4.78 is 65.3. The number of nitrogens with zero attached hydrogens (tertiary/aromatic N) is 1. The Morgan fingerprint density at radius 3 is 2.36 bits per heavy atom. The number of hydrogen-bond donors (Lipinski definition) is 1. The summed E-state index contributed by atoms with van der Waals surface area (Å²) in [6, 6.07) is 1.93. The van der Waals surface area contributed by atoms with Gasteiger partial charge in [0.05, 0.1) is 12.2 Å². The maximum Gasteiger partial charge on any atom is 0.416 e. The zero-order valence-electron chi connectivity index (χ0n) is 11.8. The molecule has 0 bridgehead atoms. The molecule has 0 aromatic heterocycles. The fourth-order valence-electron chi connectivity index (χ4n) is 2.70. The van der Waals surface area contributed by atoms with Crippen molar-refractivity contribution in [1.82, 2.24) is 10.2 Å². The third kappa shape index (κ3) is 4.54. The molecule has 2 rings (SSSR count). The minimum absolute atomic E-state index is 0. The molecule has 126 valence electrons. The van der Waals surface area contributed by atoms with Crippen molar-refractivity contribution in [2.24, 2.45) is 0 Å². The molecule has 1 fully saturated rings. The SMILES string of the molecule is Cl.FCC[C@@H](c1ccc(F)cc1C(F)(F)F)N1CCNCC1. The Labute approximate surface area is 132 Å². The average Bonchev–Trinajstić information content (AvgIpc) is 2.45. The van der Waals surface area contributed by atoms with Gasteiger partial charge in [-0.15, -0.1) is 12.4 Å². The number of hydrogen-bond acceptors (Lipinski definition) is 2. The predicted molar refractivity (Wildman–Crippen MR) is 76.4 cm³/mol. The number of halogens is 6. The van der Waals surface area contributed by atoms with Gasteiger partial charge < -0.3 is 5.32 Å². The minimum atomic E-state index is -4.65. The monoisotopic (exact) mass is 344 g/mol. The first-order valence-electron chi connectivity index (χ1n) is 6.81. The van der Waals surface area contributed by atoms with Crippen LogP contribution in [0.2, 0.25) is 0 Å². The van der Waals surface area contributed by atoms with E-state index in [4.69, 9.17) is 0 Å². The van der Waals surface area contributed by atoms with E-state index >= 15 is 0 Å². The van der Waals surface area contributed by atoms with Gasteiger partial charge in [0.2, 0.25) is 0 Å². The zero-order chi connectivity index (χ0) is 15.5. The lowest BCUT2D eigenvalue weighted by Gasteiger charge is -2.36. The first kappa shape index (κ1) is 19.1. The van der Waals surface area contributed by atoms with Crippen LogP contribution in [-0.2, 0) is 6.18 Å².